The van der Waals surface area contributed by atoms with Crippen molar-refractivity contribution in [2.75, 3.05) is 0 Å². The third-order valence-electron chi connectivity index (χ3n) is 2.70. The fourth-order valence-corrected chi connectivity index (χ4v) is 2.41. The molecule has 0 aliphatic rings. The Morgan fingerprint density at radius 1 is 1.53 bits per heavy atom. The van der Waals surface area contributed by atoms with Crippen LogP contribution in [0.2, 0.25) is 0 Å². The van der Waals surface area contributed by atoms with Gasteiger partial charge in [0.25, 0.3) is 0 Å². The molecule has 0 amide bonds. The van der Waals surface area contributed by atoms with E-state index in [4.69, 9.17) is 5.73 Å². The standard InChI is InChI=1S/C11H16BrN5/c1-3-5-17-10(8(12)7-15-17)9(13)11-14-4-6-16(11)2/h4,6-7,9H,3,5,13H2,1-2H3. The molecule has 2 rings (SSSR count). The molecule has 2 aromatic rings. The summed E-state index contributed by atoms with van der Waals surface area (Å²) in [6.07, 6.45) is 6.45. The highest BCUT2D eigenvalue weighted by molar-refractivity contribution is 9.10. The Morgan fingerprint density at radius 2 is 2.29 bits per heavy atom. The number of hydrogen-bond acceptors (Lipinski definition) is 3. The molecule has 2 heterocycles. The molecule has 1 atom stereocenters. The van der Waals surface area contributed by atoms with E-state index in [0.717, 1.165) is 29.0 Å². The minimum Gasteiger partial charge on any atom is -0.336 e. The Balaban J connectivity index is 2.39. The van der Waals surface area contributed by atoms with Crippen molar-refractivity contribution in [3.63, 3.8) is 0 Å². The zero-order chi connectivity index (χ0) is 12.4. The molecule has 0 aliphatic heterocycles. The van der Waals surface area contributed by atoms with Gasteiger partial charge in [0.15, 0.2) is 0 Å². The van der Waals surface area contributed by atoms with Gasteiger partial charge in [-0.05, 0) is 22.4 Å². The van der Waals surface area contributed by atoms with Crippen LogP contribution in [0.25, 0.3) is 0 Å². The highest BCUT2D eigenvalue weighted by atomic mass is 79.9. The van der Waals surface area contributed by atoms with E-state index in [0.29, 0.717) is 0 Å². The van der Waals surface area contributed by atoms with E-state index in [1.807, 2.05) is 22.5 Å². The summed E-state index contributed by atoms with van der Waals surface area (Å²) in [6.45, 7) is 2.98. The fraction of sp³-hybridized carbons (Fsp3) is 0.455. The molecule has 0 fully saturated rings. The van der Waals surface area contributed by atoms with Gasteiger partial charge in [-0.2, -0.15) is 5.10 Å². The van der Waals surface area contributed by atoms with E-state index in [-0.39, 0.29) is 6.04 Å². The number of aromatic nitrogens is 4. The summed E-state index contributed by atoms with van der Waals surface area (Å²) in [5.74, 6) is 0.837. The molecule has 92 valence electrons. The van der Waals surface area contributed by atoms with Gasteiger partial charge in [0.2, 0.25) is 0 Å². The molecule has 0 bridgehead atoms. The number of imidazole rings is 1. The molecule has 0 radical (unpaired) electrons. The second kappa shape index (κ2) is 5.01. The lowest BCUT2D eigenvalue weighted by molar-refractivity contribution is 0.546. The topological polar surface area (TPSA) is 61.7 Å². The third kappa shape index (κ3) is 2.28. The molecule has 0 saturated carbocycles. The summed E-state index contributed by atoms with van der Waals surface area (Å²) in [7, 11) is 1.94. The van der Waals surface area contributed by atoms with Crippen LogP contribution in [0.5, 0.6) is 0 Å². The van der Waals surface area contributed by atoms with Gasteiger partial charge in [-0.1, -0.05) is 6.92 Å². The Bertz CT molecular complexity index is 502. The molecule has 0 aliphatic carbocycles. The molecule has 0 aromatic carbocycles. The number of halogens is 1. The van der Waals surface area contributed by atoms with Gasteiger partial charge in [0, 0.05) is 26.0 Å². The number of aryl methyl sites for hydroxylation is 2. The van der Waals surface area contributed by atoms with Crippen molar-refractivity contribution in [3.8, 4) is 0 Å². The summed E-state index contributed by atoms with van der Waals surface area (Å²) in [4.78, 5) is 4.29. The lowest BCUT2D eigenvalue weighted by Crippen LogP contribution is -2.21. The molecular formula is C11H16BrN5. The summed E-state index contributed by atoms with van der Waals surface area (Å²) in [5.41, 5.74) is 7.24. The molecular weight excluding hydrogens is 282 g/mol. The molecule has 2 aromatic heterocycles. The molecule has 5 nitrogen and oxygen atoms in total. The normalized spacial score (nSPS) is 12.9. The van der Waals surface area contributed by atoms with E-state index < -0.39 is 0 Å². The summed E-state index contributed by atoms with van der Waals surface area (Å²) in [6, 6.07) is -0.265. The minimum absolute atomic E-state index is 0.265. The predicted octanol–water partition coefficient (Wildman–Crippen LogP) is 1.84. The maximum absolute atomic E-state index is 6.26. The summed E-state index contributed by atoms with van der Waals surface area (Å²) in [5, 5.41) is 4.32. The first kappa shape index (κ1) is 12.3. The lowest BCUT2D eigenvalue weighted by atomic mass is 10.2. The van der Waals surface area contributed by atoms with Crippen LogP contribution < -0.4 is 5.73 Å². The van der Waals surface area contributed by atoms with Crippen molar-refractivity contribution in [1.82, 2.24) is 19.3 Å². The Labute approximate surface area is 109 Å². The van der Waals surface area contributed by atoms with Crippen LogP contribution in [-0.4, -0.2) is 19.3 Å². The monoisotopic (exact) mass is 297 g/mol. The van der Waals surface area contributed by atoms with Crippen LogP contribution in [0.1, 0.15) is 30.9 Å². The highest BCUT2D eigenvalue weighted by Gasteiger charge is 2.20. The first-order valence-corrected chi connectivity index (χ1v) is 6.38. The molecule has 0 spiro atoms. The average molecular weight is 298 g/mol. The van der Waals surface area contributed by atoms with Gasteiger partial charge in [-0.3, -0.25) is 4.68 Å². The van der Waals surface area contributed by atoms with E-state index in [1.165, 1.54) is 0 Å². The van der Waals surface area contributed by atoms with Crippen LogP contribution in [0.4, 0.5) is 0 Å². The quantitative estimate of drug-likeness (QED) is 0.937. The molecule has 17 heavy (non-hydrogen) atoms. The van der Waals surface area contributed by atoms with Gasteiger partial charge in [-0.25, -0.2) is 4.98 Å². The van der Waals surface area contributed by atoms with Crippen LogP contribution in [0, 0.1) is 0 Å². The number of nitrogens with two attached hydrogens (primary N) is 1. The van der Waals surface area contributed by atoms with Crippen molar-refractivity contribution in [2.24, 2.45) is 12.8 Å². The smallest absolute Gasteiger partial charge is 0.131 e. The summed E-state index contributed by atoms with van der Waals surface area (Å²) >= 11 is 3.50. The Hall–Kier alpha value is -1.14. The first-order chi connectivity index (χ1) is 8.15. The molecule has 0 saturated heterocycles. The Kier molecular flexibility index (Phi) is 3.63. The van der Waals surface area contributed by atoms with Gasteiger partial charge >= 0.3 is 0 Å². The molecule has 6 heteroatoms. The summed E-state index contributed by atoms with van der Waals surface area (Å²) < 4.78 is 4.80. The second-order valence-corrected chi connectivity index (χ2v) is 4.83. The number of nitrogens with zero attached hydrogens (tertiary/aromatic N) is 4. The Morgan fingerprint density at radius 3 is 2.88 bits per heavy atom. The van der Waals surface area contributed by atoms with E-state index in [1.54, 1.807) is 12.4 Å². The van der Waals surface area contributed by atoms with Crippen molar-refractivity contribution < 1.29 is 0 Å². The SMILES string of the molecule is CCCn1ncc(Br)c1C(N)c1nccn1C. The first-order valence-electron chi connectivity index (χ1n) is 5.59. The van der Waals surface area contributed by atoms with Crippen molar-refractivity contribution >= 4 is 15.9 Å². The zero-order valence-electron chi connectivity index (χ0n) is 9.97. The molecule has 1 unspecified atom stereocenters. The second-order valence-electron chi connectivity index (χ2n) is 3.97. The largest absolute Gasteiger partial charge is 0.336 e. The van der Waals surface area contributed by atoms with Crippen molar-refractivity contribution in [3.05, 3.63) is 34.6 Å². The minimum atomic E-state index is -0.265. The van der Waals surface area contributed by atoms with Gasteiger partial charge in [-0.15, -0.1) is 0 Å². The van der Waals surface area contributed by atoms with Gasteiger partial charge in [0.1, 0.15) is 11.9 Å². The van der Waals surface area contributed by atoms with Crippen LogP contribution in [0.3, 0.4) is 0 Å². The number of hydrogen-bond donors (Lipinski definition) is 1. The molecule has 2 N–H and O–H groups in total. The maximum Gasteiger partial charge on any atom is 0.131 e. The van der Waals surface area contributed by atoms with Gasteiger partial charge < -0.3 is 10.3 Å². The van der Waals surface area contributed by atoms with Gasteiger partial charge in [0.05, 0.1) is 16.4 Å². The van der Waals surface area contributed by atoms with E-state index >= 15 is 0 Å². The zero-order valence-corrected chi connectivity index (χ0v) is 11.6. The van der Waals surface area contributed by atoms with E-state index in [2.05, 4.69) is 32.9 Å². The number of rotatable bonds is 4. The maximum atomic E-state index is 6.26. The van der Waals surface area contributed by atoms with Crippen LogP contribution in [-0.2, 0) is 13.6 Å². The highest BCUT2D eigenvalue weighted by Crippen LogP contribution is 2.25. The lowest BCUT2D eigenvalue weighted by Gasteiger charge is -2.14. The fourth-order valence-electron chi connectivity index (χ4n) is 1.87. The predicted molar refractivity (Wildman–Crippen MR) is 69.5 cm³/mol. The van der Waals surface area contributed by atoms with Crippen LogP contribution >= 0.6 is 15.9 Å². The van der Waals surface area contributed by atoms with Crippen LogP contribution in [0.15, 0.2) is 23.1 Å². The average Bonchev–Trinajstić information content (AvgIpc) is 2.86. The van der Waals surface area contributed by atoms with Crippen molar-refractivity contribution in [2.45, 2.75) is 25.9 Å². The van der Waals surface area contributed by atoms with E-state index in [9.17, 15) is 0 Å². The van der Waals surface area contributed by atoms with Crippen molar-refractivity contribution in [1.29, 1.82) is 0 Å². The third-order valence-corrected chi connectivity index (χ3v) is 3.31.